The van der Waals surface area contributed by atoms with E-state index in [0.29, 0.717) is 4.90 Å². The number of hydrogen-bond donors (Lipinski definition) is 2. The summed E-state index contributed by atoms with van der Waals surface area (Å²) in [6.45, 7) is 0. The molecule has 1 aromatic carbocycles. The first-order valence-electron chi connectivity index (χ1n) is 4.09. The molecule has 0 fully saturated rings. The first-order valence-corrected chi connectivity index (χ1v) is 7.49. The Bertz CT molecular complexity index is 356. The normalized spacial score (nSPS) is 16.6. The van der Waals surface area contributed by atoms with E-state index in [1.165, 1.54) is 0 Å². The molecular weight excluding hydrogens is 274 g/mol. The van der Waals surface area contributed by atoms with Crippen LogP contribution < -0.4 is 0 Å². The van der Waals surface area contributed by atoms with Gasteiger partial charge in [0.2, 0.25) is 5.62 Å². The number of benzene rings is 1. The average molecular weight is 284 g/mol. The molecule has 0 amide bonds. The van der Waals surface area contributed by atoms with E-state index >= 15 is 0 Å². The molecule has 0 aliphatic heterocycles. The second-order valence-corrected chi connectivity index (χ2v) is 5.11. The van der Waals surface area contributed by atoms with Crippen LogP contribution >= 0.6 is 28.3 Å². The van der Waals surface area contributed by atoms with Crippen LogP contribution in [0, 0.1) is 0 Å². The number of hydrogen-bond acceptors (Lipinski definition) is 5. The van der Waals surface area contributed by atoms with Crippen molar-refractivity contribution in [1.29, 1.82) is 0 Å². The van der Waals surface area contributed by atoms with Crippen molar-refractivity contribution >= 4 is 28.3 Å². The summed E-state index contributed by atoms with van der Waals surface area (Å²) in [5.41, 5.74) is -1.27. The van der Waals surface area contributed by atoms with Gasteiger partial charge in [-0.2, -0.15) is 0 Å². The van der Waals surface area contributed by atoms with Gasteiger partial charge in [0.25, 0.3) is 0 Å². The van der Waals surface area contributed by atoms with Gasteiger partial charge in [0.1, 0.15) is 0 Å². The van der Waals surface area contributed by atoms with Crippen LogP contribution in [0.4, 0.5) is 0 Å². The lowest BCUT2D eigenvalue weighted by molar-refractivity contribution is 0.0777. The standard InChI is InChI=1S/C7H10O6P2S/c8-14(9)12-7(13-15(10)11)16-6-4-2-1-3-5-6/h1-5,7,14-15H,(H,8,9)(H,10,11). The molecule has 2 N–H and O–H groups in total. The van der Waals surface area contributed by atoms with E-state index in [1.54, 1.807) is 30.3 Å². The minimum absolute atomic E-state index is 0.694. The molecule has 2 unspecified atom stereocenters. The molecule has 0 saturated heterocycles. The third-order valence-electron chi connectivity index (χ3n) is 1.37. The Morgan fingerprint density at radius 1 is 1.06 bits per heavy atom. The molecule has 0 aliphatic carbocycles. The van der Waals surface area contributed by atoms with Crippen LogP contribution in [0.1, 0.15) is 0 Å². The molecule has 2 atom stereocenters. The van der Waals surface area contributed by atoms with Crippen LogP contribution in [0.2, 0.25) is 0 Å². The Labute approximate surface area is 97.5 Å². The lowest BCUT2D eigenvalue weighted by Crippen LogP contribution is -2.04. The fraction of sp³-hybridized carbons (Fsp3) is 0.143. The molecule has 1 rings (SSSR count). The van der Waals surface area contributed by atoms with Crippen LogP contribution in [0.25, 0.3) is 0 Å². The molecule has 1 aromatic rings. The molecule has 0 spiro atoms. The van der Waals surface area contributed by atoms with Gasteiger partial charge in [0.05, 0.1) is 0 Å². The molecule has 16 heavy (non-hydrogen) atoms. The first kappa shape index (κ1) is 13.9. The zero-order chi connectivity index (χ0) is 12.0. The van der Waals surface area contributed by atoms with Crippen LogP contribution in [-0.4, -0.2) is 15.4 Å². The van der Waals surface area contributed by atoms with Gasteiger partial charge in [-0.3, -0.25) is 18.2 Å². The molecule has 0 radical (unpaired) electrons. The predicted octanol–water partition coefficient (Wildman–Crippen LogP) is 1.86. The number of thioether (sulfide) groups is 1. The Hall–Kier alpha value is -0.130. The van der Waals surface area contributed by atoms with Gasteiger partial charge in [0.15, 0.2) is 0 Å². The maximum absolute atomic E-state index is 10.5. The van der Waals surface area contributed by atoms with Gasteiger partial charge in [-0.05, 0) is 12.1 Å². The fourth-order valence-corrected chi connectivity index (χ4v) is 2.78. The highest BCUT2D eigenvalue weighted by atomic mass is 32.2. The molecule has 0 heterocycles. The fourth-order valence-electron chi connectivity index (χ4n) is 0.847. The van der Waals surface area contributed by atoms with Crippen LogP contribution in [0.15, 0.2) is 35.2 Å². The highest BCUT2D eigenvalue weighted by molar-refractivity contribution is 7.99. The van der Waals surface area contributed by atoms with Gasteiger partial charge < -0.3 is 9.79 Å². The maximum atomic E-state index is 10.5. The Morgan fingerprint density at radius 2 is 1.56 bits per heavy atom. The molecular formula is C7H10O6P2S. The van der Waals surface area contributed by atoms with Crippen LogP contribution in [0.5, 0.6) is 0 Å². The molecule has 9 heteroatoms. The van der Waals surface area contributed by atoms with Crippen molar-refractivity contribution in [3.8, 4) is 0 Å². The summed E-state index contributed by atoms with van der Waals surface area (Å²) in [6.07, 6.45) is 0. The van der Waals surface area contributed by atoms with E-state index in [9.17, 15) is 9.13 Å². The van der Waals surface area contributed by atoms with Crippen molar-refractivity contribution in [2.24, 2.45) is 0 Å². The maximum Gasteiger partial charge on any atom is 0.319 e. The Kier molecular flexibility index (Phi) is 6.31. The summed E-state index contributed by atoms with van der Waals surface area (Å²) in [4.78, 5) is 17.8. The molecule has 0 bridgehead atoms. The zero-order valence-corrected chi connectivity index (χ0v) is 10.7. The van der Waals surface area contributed by atoms with Crippen molar-refractivity contribution in [1.82, 2.24) is 0 Å². The molecule has 0 saturated carbocycles. The molecule has 0 aliphatic rings. The predicted molar refractivity (Wildman–Crippen MR) is 60.7 cm³/mol. The van der Waals surface area contributed by atoms with Crippen molar-refractivity contribution in [3.63, 3.8) is 0 Å². The molecule has 0 aromatic heterocycles. The van der Waals surface area contributed by atoms with Crippen molar-refractivity contribution in [2.75, 3.05) is 0 Å². The third kappa shape index (κ3) is 5.82. The lowest BCUT2D eigenvalue weighted by atomic mass is 10.4. The topological polar surface area (TPSA) is 93.1 Å². The van der Waals surface area contributed by atoms with Crippen molar-refractivity contribution in [2.45, 2.75) is 10.5 Å². The summed E-state index contributed by atoms with van der Waals surface area (Å²) in [7, 11) is -6.45. The third-order valence-corrected chi connectivity index (χ3v) is 3.47. The van der Waals surface area contributed by atoms with E-state index in [-0.39, 0.29) is 0 Å². The average Bonchev–Trinajstić information content (AvgIpc) is 2.16. The quantitative estimate of drug-likeness (QED) is 0.468. The highest BCUT2D eigenvalue weighted by Gasteiger charge is 2.16. The van der Waals surface area contributed by atoms with E-state index < -0.39 is 22.1 Å². The SMILES string of the molecule is O=[PH](O)OC(O[PH](=O)O)Sc1ccccc1. The van der Waals surface area contributed by atoms with E-state index in [4.69, 9.17) is 9.79 Å². The van der Waals surface area contributed by atoms with Crippen molar-refractivity contribution in [3.05, 3.63) is 30.3 Å². The van der Waals surface area contributed by atoms with E-state index in [2.05, 4.69) is 9.05 Å². The lowest BCUT2D eigenvalue weighted by Gasteiger charge is -2.13. The molecule has 6 nitrogen and oxygen atoms in total. The summed E-state index contributed by atoms with van der Waals surface area (Å²) in [6, 6.07) is 8.73. The van der Waals surface area contributed by atoms with Crippen molar-refractivity contribution < 1.29 is 28.0 Å². The van der Waals surface area contributed by atoms with Gasteiger partial charge in [0, 0.05) is 4.90 Å². The smallest absolute Gasteiger partial charge is 0.319 e. The number of rotatable bonds is 6. The zero-order valence-electron chi connectivity index (χ0n) is 7.90. The monoisotopic (exact) mass is 284 g/mol. The second-order valence-electron chi connectivity index (χ2n) is 2.49. The Morgan fingerprint density at radius 3 is 2.00 bits per heavy atom. The van der Waals surface area contributed by atoms with E-state index in [0.717, 1.165) is 11.8 Å². The van der Waals surface area contributed by atoms with Gasteiger partial charge >= 0.3 is 16.5 Å². The van der Waals surface area contributed by atoms with Crippen LogP contribution in [0.3, 0.4) is 0 Å². The highest BCUT2D eigenvalue weighted by Crippen LogP contribution is 2.35. The summed E-state index contributed by atoms with van der Waals surface area (Å²) >= 11 is 0.932. The summed E-state index contributed by atoms with van der Waals surface area (Å²) in [5, 5.41) is 0. The molecule has 90 valence electrons. The minimum Gasteiger partial charge on any atom is -0.326 e. The minimum atomic E-state index is -3.23. The van der Waals surface area contributed by atoms with Gasteiger partial charge in [-0.15, -0.1) is 0 Å². The Balaban J connectivity index is 2.63. The first-order chi connectivity index (χ1) is 7.58. The summed E-state index contributed by atoms with van der Waals surface area (Å²) in [5.74, 6) is 0. The van der Waals surface area contributed by atoms with E-state index in [1.807, 2.05) is 0 Å². The second kappa shape index (κ2) is 7.25. The van der Waals surface area contributed by atoms with Gasteiger partial charge in [-0.1, -0.05) is 30.0 Å². The summed E-state index contributed by atoms with van der Waals surface area (Å²) < 4.78 is 29.9. The van der Waals surface area contributed by atoms with Crippen LogP contribution in [-0.2, 0) is 18.2 Å². The largest absolute Gasteiger partial charge is 0.326 e. The van der Waals surface area contributed by atoms with Gasteiger partial charge in [-0.25, -0.2) is 0 Å².